The molecule has 1 heterocycles. The molecule has 0 saturated heterocycles. The fourth-order valence-electron chi connectivity index (χ4n) is 2.47. The van der Waals surface area contributed by atoms with Crippen molar-refractivity contribution in [1.29, 1.82) is 0 Å². The number of hydrogen-bond donors (Lipinski definition) is 2. The highest BCUT2D eigenvalue weighted by Crippen LogP contribution is 2.18. The predicted molar refractivity (Wildman–Crippen MR) is 81.8 cm³/mol. The second kappa shape index (κ2) is 7.55. The van der Waals surface area contributed by atoms with Crippen molar-refractivity contribution in [3.63, 3.8) is 0 Å². The molecule has 0 amide bonds. The Morgan fingerprint density at radius 3 is 2.43 bits per heavy atom. The summed E-state index contributed by atoms with van der Waals surface area (Å²) in [6.45, 7) is 0. The van der Waals surface area contributed by atoms with E-state index in [4.69, 9.17) is 10.8 Å². The van der Waals surface area contributed by atoms with Gasteiger partial charge in [0.2, 0.25) is 0 Å². The Labute approximate surface area is 124 Å². The van der Waals surface area contributed by atoms with E-state index in [9.17, 15) is 4.79 Å². The van der Waals surface area contributed by atoms with Crippen LogP contribution in [0.2, 0.25) is 0 Å². The maximum atomic E-state index is 11.1. The molecule has 110 valence electrons. The second-order valence-corrected chi connectivity index (χ2v) is 5.28. The van der Waals surface area contributed by atoms with Gasteiger partial charge in [0, 0.05) is 24.9 Å². The van der Waals surface area contributed by atoms with E-state index in [0.717, 1.165) is 11.1 Å². The first kappa shape index (κ1) is 15.2. The summed E-state index contributed by atoms with van der Waals surface area (Å²) in [6, 6.07) is 13.5. The molecule has 3 N–H and O–H groups in total. The van der Waals surface area contributed by atoms with E-state index in [-0.39, 0.29) is 18.4 Å². The zero-order valence-corrected chi connectivity index (χ0v) is 11.9. The minimum Gasteiger partial charge on any atom is -0.481 e. The number of hydrogen-bond acceptors (Lipinski definition) is 3. The molecule has 0 radical (unpaired) electrons. The van der Waals surface area contributed by atoms with Gasteiger partial charge in [-0.15, -0.1) is 0 Å². The number of carboxylic acids is 1. The van der Waals surface area contributed by atoms with E-state index >= 15 is 0 Å². The van der Waals surface area contributed by atoms with Gasteiger partial charge in [0.15, 0.2) is 0 Å². The standard InChI is InChI=1S/C17H20N2O2/c18-16(10-13-5-2-1-3-6-13)15(11-17(20)21)9-14-7-4-8-19-12-14/h1-8,12,15-16H,9-11,18H2,(H,20,21). The van der Waals surface area contributed by atoms with Gasteiger partial charge >= 0.3 is 5.97 Å². The minimum absolute atomic E-state index is 0.0723. The summed E-state index contributed by atoms with van der Waals surface area (Å²) in [5.41, 5.74) is 8.41. The molecule has 0 fully saturated rings. The first-order valence-corrected chi connectivity index (χ1v) is 7.05. The molecule has 2 unspecified atom stereocenters. The van der Waals surface area contributed by atoms with Gasteiger partial charge < -0.3 is 10.8 Å². The number of benzene rings is 1. The van der Waals surface area contributed by atoms with E-state index in [2.05, 4.69) is 4.98 Å². The van der Waals surface area contributed by atoms with Crippen LogP contribution in [0.3, 0.4) is 0 Å². The quantitative estimate of drug-likeness (QED) is 0.818. The number of aromatic nitrogens is 1. The lowest BCUT2D eigenvalue weighted by Gasteiger charge is -2.22. The Kier molecular flexibility index (Phi) is 5.46. The summed E-state index contributed by atoms with van der Waals surface area (Å²) in [7, 11) is 0. The molecular weight excluding hydrogens is 264 g/mol. The summed E-state index contributed by atoms with van der Waals surface area (Å²) in [5, 5.41) is 9.11. The van der Waals surface area contributed by atoms with E-state index in [0.29, 0.717) is 12.8 Å². The number of pyridine rings is 1. The van der Waals surface area contributed by atoms with Crippen LogP contribution in [0.25, 0.3) is 0 Å². The van der Waals surface area contributed by atoms with Gasteiger partial charge in [-0.25, -0.2) is 0 Å². The molecule has 2 atom stereocenters. The molecule has 4 heteroatoms. The van der Waals surface area contributed by atoms with Crippen molar-refractivity contribution >= 4 is 5.97 Å². The summed E-state index contributed by atoms with van der Waals surface area (Å²) >= 11 is 0. The van der Waals surface area contributed by atoms with Crippen LogP contribution in [-0.4, -0.2) is 22.1 Å². The average Bonchev–Trinajstić information content (AvgIpc) is 2.48. The third kappa shape index (κ3) is 5.00. The molecule has 2 aromatic rings. The molecule has 0 aliphatic heterocycles. The zero-order valence-electron chi connectivity index (χ0n) is 11.9. The van der Waals surface area contributed by atoms with Gasteiger partial charge in [-0.05, 0) is 36.0 Å². The van der Waals surface area contributed by atoms with Crippen LogP contribution in [0.5, 0.6) is 0 Å². The Balaban J connectivity index is 2.06. The topological polar surface area (TPSA) is 76.2 Å². The van der Waals surface area contributed by atoms with Crippen molar-refractivity contribution < 1.29 is 9.90 Å². The molecule has 0 aliphatic carbocycles. The monoisotopic (exact) mass is 284 g/mol. The highest BCUT2D eigenvalue weighted by Gasteiger charge is 2.21. The van der Waals surface area contributed by atoms with Gasteiger partial charge in [-0.1, -0.05) is 36.4 Å². The number of nitrogens with zero attached hydrogens (tertiary/aromatic N) is 1. The zero-order chi connectivity index (χ0) is 15.1. The lowest BCUT2D eigenvalue weighted by Crippen LogP contribution is -2.35. The number of aliphatic carboxylic acids is 1. The van der Waals surface area contributed by atoms with E-state index in [1.165, 1.54) is 0 Å². The van der Waals surface area contributed by atoms with Crippen molar-refractivity contribution in [2.75, 3.05) is 0 Å². The van der Waals surface area contributed by atoms with Crippen LogP contribution in [0, 0.1) is 5.92 Å². The lowest BCUT2D eigenvalue weighted by atomic mass is 9.87. The highest BCUT2D eigenvalue weighted by molar-refractivity contribution is 5.67. The fraction of sp³-hybridized carbons (Fsp3) is 0.294. The van der Waals surface area contributed by atoms with Crippen molar-refractivity contribution in [3.05, 3.63) is 66.0 Å². The Morgan fingerprint density at radius 1 is 1.10 bits per heavy atom. The van der Waals surface area contributed by atoms with Crippen LogP contribution in [0.1, 0.15) is 17.5 Å². The minimum atomic E-state index is -0.813. The molecule has 2 rings (SSSR count). The number of nitrogens with two attached hydrogens (primary N) is 1. The van der Waals surface area contributed by atoms with Crippen LogP contribution in [0.4, 0.5) is 0 Å². The predicted octanol–water partition coefficient (Wildman–Crippen LogP) is 2.29. The number of rotatable bonds is 7. The molecular formula is C17H20N2O2. The van der Waals surface area contributed by atoms with Crippen LogP contribution < -0.4 is 5.73 Å². The van der Waals surface area contributed by atoms with Gasteiger partial charge in [0.05, 0.1) is 0 Å². The molecule has 21 heavy (non-hydrogen) atoms. The summed E-state index contributed by atoms with van der Waals surface area (Å²) in [5.74, 6) is -0.917. The maximum absolute atomic E-state index is 11.1. The molecule has 0 bridgehead atoms. The summed E-state index contributed by atoms with van der Waals surface area (Å²) in [6.07, 6.45) is 4.86. The number of carbonyl (C=O) groups is 1. The Bertz CT molecular complexity index is 558. The third-order valence-corrected chi connectivity index (χ3v) is 3.58. The van der Waals surface area contributed by atoms with Crippen LogP contribution >= 0.6 is 0 Å². The molecule has 4 nitrogen and oxygen atoms in total. The van der Waals surface area contributed by atoms with E-state index < -0.39 is 5.97 Å². The molecule has 1 aromatic heterocycles. The third-order valence-electron chi connectivity index (χ3n) is 3.58. The van der Waals surface area contributed by atoms with Gasteiger partial charge in [0.25, 0.3) is 0 Å². The summed E-state index contributed by atoms with van der Waals surface area (Å²) in [4.78, 5) is 15.2. The molecule has 1 aromatic carbocycles. The van der Waals surface area contributed by atoms with Crippen molar-refractivity contribution in [3.8, 4) is 0 Å². The largest absolute Gasteiger partial charge is 0.481 e. The fourth-order valence-corrected chi connectivity index (χ4v) is 2.47. The van der Waals surface area contributed by atoms with Gasteiger partial charge in [0.1, 0.15) is 0 Å². The van der Waals surface area contributed by atoms with E-state index in [1.807, 2.05) is 42.5 Å². The van der Waals surface area contributed by atoms with Crippen molar-refractivity contribution in [1.82, 2.24) is 4.98 Å². The SMILES string of the molecule is NC(Cc1ccccc1)C(CC(=O)O)Cc1cccnc1. The molecule has 0 aliphatic rings. The lowest BCUT2D eigenvalue weighted by molar-refractivity contribution is -0.138. The number of carboxylic acid groups (broad SMARTS) is 1. The van der Waals surface area contributed by atoms with E-state index in [1.54, 1.807) is 12.4 Å². The van der Waals surface area contributed by atoms with Gasteiger partial charge in [-0.3, -0.25) is 9.78 Å². The maximum Gasteiger partial charge on any atom is 0.303 e. The van der Waals surface area contributed by atoms with Crippen LogP contribution in [0.15, 0.2) is 54.9 Å². The first-order chi connectivity index (χ1) is 10.1. The normalized spacial score (nSPS) is 13.6. The first-order valence-electron chi connectivity index (χ1n) is 7.05. The van der Waals surface area contributed by atoms with Crippen LogP contribution in [-0.2, 0) is 17.6 Å². The van der Waals surface area contributed by atoms with Crippen molar-refractivity contribution in [2.24, 2.45) is 11.7 Å². The Hall–Kier alpha value is -2.20. The average molecular weight is 284 g/mol. The highest BCUT2D eigenvalue weighted by atomic mass is 16.4. The van der Waals surface area contributed by atoms with Gasteiger partial charge in [-0.2, -0.15) is 0 Å². The molecule has 0 saturated carbocycles. The summed E-state index contributed by atoms with van der Waals surface area (Å²) < 4.78 is 0. The smallest absolute Gasteiger partial charge is 0.303 e. The van der Waals surface area contributed by atoms with Crippen molar-refractivity contribution in [2.45, 2.75) is 25.3 Å². The Morgan fingerprint density at radius 2 is 1.81 bits per heavy atom. The second-order valence-electron chi connectivity index (χ2n) is 5.28. The molecule has 0 spiro atoms.